The number of benzene rings is 2. The van der Waals surface area contributed by atoms with Gasteiger partial charge in [-0.15, -0.1) is 0 Å². The van der Waals surface area contributed by atoms with E-state index in [9.17, 15) is 0 Å². The van der Waals surface area contributed by atoms with Crippen molar-refractivity contribution in [2.75, 3.05) is 12.4 Å². The van der Waals surface area contributed by atoms with Crippen LogP contribution in [0.5, 0.6) is 0 Å². The number of fused-ring (bicyclic) bond motifs is 3. The van der Waals surface area contributed by atoms with Crippen molar-refractivity contribution >= 4 is 27.4 Å². The first kappa shape index (κ1) is 9.16. The summed E-state index contributed by atoms with van der Waals surface area (Å²) in [5.41, 5.74) is 2.22. The quantitative estimate of drug-likeness (QED) is 0.620. The van der Waals surface area contributed by atoms with Crippen molar-refractivity contribution in [2.45, 2.75) is 0 Å². The van der Waals surface area contributed by atoms with Crippen molar-refractivity contribution < 1.29 is 0 Å². The Hall–Kier alpha value is -2.09. The minimum absolute atomic E-state index is 1.07. The second-order valence-corrected chi connectivity index (χ2v) is 3.79. The summed E-state index contributed by atoms with van der Waals surface area (Å²) in [6.07, 6.45) is 1.84. The highest BCUT2D eigenvalue weighted by molar-refractivity contribution is 6.10. The summed E-state index contributed by atoms with van der Waals surface area (Å²) in [6.45, 7) is 0. The maximum atomic E-state index is 4.46. The minimum atomic E-state index is 1.07. The number of nitrogens with zero attached hydrogens (tertiary/aromatic N) is 1. The molecule has 2 nitrogen and oxygen atoms in total. The molecule has 1 heterocycles. The molecule has 0 aliphatic carbocycles. The summed E-state index contributed by atoms with van der Waals surface area (Å²) in [7, 11) is 1.95. The maximum Gasteiger partial charge on any atom is 0.0781 e. The molecule has 3 aromatic rings. The van der Waals surface area contributed by atoms with E-state index in [4.69, 9.17) is 0 Å². The Morgan fingerprint density at radius 3 is 2.62 bits per heavy atom. The van der Waals surface area contributed by atoms with Gasteiger partial charge >= 0.3 is 0 Å². The van der Waals surface area contributed by atoms with Gasteiger partial charge in [-0.2, -0.15) is 0 Å². The van der Waals surface area contributed by atoms with Crippen LogP contribution in [0.1, 0.15) is 0 Å². The van der Waals surface area contributed by atoms with Gasteiger partial charge in [0.1, 0.15) is 0 Å². The highest BCUT2D eigenvalue weighted by atomic mass is 14.8. The summed E-state index contributed by atoms with van der Waals surface area (Å²) in [5, 5.41) is 6.82. The van der Waals surface area contributed by atoms with Gasteiger partial charge in [0.05, 0.1) is 5.52 Å². The third kappa shape index (κ3) is 1.23. The van der Waals surface area contributed by atoms with E-state index in [2.05, 4.69) is 46.7 Å². The van der Waals surface area contributed by atoms with Crippen LogP contribution in [-0.4, -0.2) is 12.0 Å². The molecule has 0 saturated heterocycles. The zero-order chi connectivity index (χ0) is 11.0. The summed E-state index contributed by atoms with van der Waals surface area (Å²) < 4.78 is 0. The van der Waals surface area contributed by atoms with Gasteiger partial charge in [0.2, 0.25) is 0 Å². The zero-order valence-corrected chi connectivity index (χ0v) is 9.07. The Balaban J connectivity index is 2.57. The number of hydrogen-bond donors (Lipinski definition) is 1. The van der Waals surface area contributed by atoms with Gasteiger partial charge in [-0.3, -0.25) is 4.98 Å². The smallest absolute Gasteiger partial charge is 0.0781 e. The Kier molecular flexibility index (Phi) is 2.00. The molecule has 0 aliphatic heterocycles. The fraction of sp³-hybridized carbons (Fsp3) is 0.0714. The topological polar surface area (TPSA) is 24.9 Å². The summed E-state index contributed by atoms with van der Waals surface area (Å²) in [5.74, 6) is 0. The highest BCUT2D eigenvalue weighted by Crippen LogP contribution is 2.29. The predicted molar refractivity (Wildman–Crippen MR) is 68.8 cm³/mol. The van der Waals surface area contributed by atoms with E-state index in [1.165, 1.54) is 16.2 Å². The lowest BCUT2D eigenvalue weighted by atomic mass is 10.0. The number of rotatable bonds is 1. The molecule has 1 aromatic heterocycles. The lowest BCUT2D eigenvalue weighted by molar-refractivity contribution is 1.42. The molecule has 0 spiro atoms. The van der Waals surface area contributed by atoms with Gasteiger partial charge in [-0.25, -0.2) is 0 Å². The van der Waals surface area contributed by atoms with Gasteiger partial charge in [-0.1, -0.05) is 30.3 Å². The molecule has 0 saturated carbocycles. The molecule has 0 atom stereocenters. The lowest BCUT2D eigenvalue weighted by Gasteiger charge is -2.08. The monoisotopic (exact) mass is 208 g/mol. The number of anilines is 1. The molecule has 0 unspecified atom stereocenters. The molecule has 0 radical (unpaired) electrons. The average Bonchev–Trinajstić information content (AvgIpc) is 2.38. The molecule has 0 amide bonds. The molecule has 0 fully saturated rings. The van der Waals surface area contributed by atoms with Gasteiger partial charge in [0, 0.05) is 35.1 Å². The van der Waals surface area contributed by atoms with Crippen LogP contribution in [0.25, 0.3) is 21.7 Å². The molecule has 1 N–H and O–H groups in total. The fourth-order valence-corrected chi connectivity index (χ4v) is 2.12. The third-order valence-corrected chi connectivity index (χ3v) is 2.88. The van der Waals surface area contributed by atoms with Crippen LogP contribution in [0.3, 0.4) is 0 Å². The van der Waals surface area contributed by atoms with E-state index in [1.807, 2.05) is 19.3 Å². The SMILES string of the molecule is CNc1cc2cccnc2c2ccccc12. The predicted octanol–water partition coefficient (Wildman–Crippen LogP) is 3.43. The number of nitrogens with one attached hydrogen (secondary N) is 1. The highest BCUT2D eigenvalue weighted by Gasteiger charge is 2.04. The lowest BCUT2D eigenvalue weighted by Crippen LogP contribution is -1.91. The Labute approximate surface area is 93.9 Å². The van der Waals surface area contributed by atoms with Gasteiger partial charge in [-0.05, 0) is 12.1 Å². The Morgan fingerprint density at radius 1 is 1.00 bits per heavy atom. The summed E-state index contributed by atoms with van der Waals surface area (Å²) >= 11 is 0. The van der Waals surface area contributed by atoms with Crippen molar-refractivity contribution in [1.82, 2.24) is 4.98 Å². The molecular weight excluding hydrogens is 196 g/mol. The molecule has 2 aromatic carbocycles. The van der Waals surface area contributed by atoms with E-state index in [0.717, 1.165) is 11.2 Å². The largest absolute Gasteiger partial charge is 0.388 e. The third-order valence-electron chi connectivity index (χ3n) is 2.88. The average molecular weight is 208 g/mol. The molecule has 3 rings (SSSR count). The second kappa shape index (κ2) is 3.49. The van der Waals surface area contributed by atoms with Crippen molar-refractivity contribution in [3.8, 4) is 0 Å². The number of pyridine rings is 1. The van der Waals surface area contributed by atoms with Gasteiger partial charge < -0.3 is 5.32 Å². The maximum absolute atomic E-state index is 4.46. The van der Waals surface area contributed by atoms with E-state index in [0.29, 0.717) is 0 Å². The molecule has 0 aliphatic rings. The van der Waals surface area contributed by atoms with Crippen LogP contribution in [0.2, 0.25) is 0 Å². The minimum Gasteiger partial charge on any atom is -0.388 e. The zero-order valence-electron chi connectivity index (χ0n) is 9.07. The van der Waals surface area contributed by atoms with Gasteiger partial charge in [0.25, 0.3) is 0 Å². The van der Waals surface area contributed by atoms with Crippen LogP contribution >= 0.6 is 0 Å². The van der Waals surface area contributed by atoms with Crippen LogP contribution in [0.15, 0.2) is 48.7 Å². The first-order valence-corrected chi connectivity index (χ1v) is 5.34. The molecule has 16 heavy (non-hydrogen) atoms. The summed E-state index contributed by atoms with van der Waals surface area (Å²) in [6, 6.07) is 14.5. The van der Waals surface area contributed by atoms with Crippen molar-refractivity contribution in [2.24, 2.45) is 0 Å². The van der Waals surface area contributed by atoms with E-state index in [-0.39, 0.29) is 0 Å². The van der Waals surface area contributed by atoms with E-state index < -0.39 is 0 Å². The number of aromatic nitrogens is 1. The molecule has 0 bridgehead atoms. The fourth-order valence-electron chi connectivity index (χ4n) is 2.12. The van der Waals surface area contributed by atoms with Crippen molar-refractivity contribution in [1.29, 1.82) is 0 Å². The van der Waals surface area contributed by atoms with Crippen molar-refractivity contribution in [3.63, 3.8) is 0 Å². The van der Waals surface area contributed by atoms with Crippen LogP contribution < -0.4 is 5.32 Å². The normalized spacial score (nSPS) is 10.8. The van der Waals surface area contributed by atoms with Gasteiger partial charge in [0.15, 0.2) is 0 Å². The van der Waals surface area contributed by atoms with Crippen molar-refractivity contribution in [3.05, 3.63) is 48.7 Å². The van der Waals surface area contributed by atoms with Crippen LogP contribution in [0.4, 0.5) is 5.69 Å². The molecule has 2 heteroatoms. The molecule has 78 valence electrons. The Morgan fingerprint density at radius 2 is 1.81 bits per heavy atom. The van der Waals surface area contributed by atoms with Crippen LogP contribution in [-0.2, 0) is 0 Å². The van der Waals surface area contributed by atoms with E-state index >= 15 is 0 Å². The first-order valence-electron chi connectivity index (χ1n) is 5.34. The molecular formula is C14H12N2. The Bertz CT molecular complexity index is 659. The summed E-state index contributed by atoms with van der Waals surface area (Å²) in [4.78, 5) is 4.46. The second-order valence-electron chi connectivity index (χ2n) is 3.79. The first-order chi connectivity index (χ1) is 7.90. The van der Waals surface area contributed by atoms with Crippen LogP contribution in [0, 0.1) is 0 Å². The van der Waals surface area contributed by atoms with E-state index in [1.54, 1.807) is 0 Å². The number of hydrogen-bond acceptors (Lipinski definition) is 2. The standard InChI is InChI=1S/C14H12N2/c1-15-13-9-10-5-4-8-16-14(10)12-7-3-2-6-11(12)13/h2-9,15H,1H3.